The summed E-state index contributed by atoms with van der Waals surface area (Å²) in [7, 11) is 0. The van der Waals surface area contributed by atoms with Crippen LogP contribution in [0.4, 0.5) is 18.0 Å². The number of halogens is 3. The molecule has 0 heterocycles. The van der Waals surface area contributed by atoms with Gasteiger partial charge in [-0.15, -0.1) is 0 Å². The van der Waals surface area contributed by atoms with Crippen LogP contribution in [0, 0.1) is 5.41 Å². The number of rotatable bonds is 4. The van der Waals surface area contributed by atoms with Crippen molar-refractivity contribution in [3.8, 4) is 0 Å². The molecule has 0 bridgehead atoms. The maximum absolute atomic E-state index is 12.6. The van der Waals surface area contributed by atoms with E-state index in [9.17, 15) is 22.8 Å². The number of aliphatic carboxylic acids is 1. The van der Waals surface area contributed by atoms with Crippen molar-refractivity contribution in [1.82, 2.24) is 10.6 Å². The van der Waals surface area contributed by atoms with E-state index in [4.69, 9.17) is 5.11 Å². The van der Waals surface area contributed by atoms with Gasteiger partial charge in [0.15, 0.2) is 0 Å². The number of nitrogens with one attached hydrogen (secondary N) is 2. The highest BCUT2D eigenvalue weighted by atomic mass is 19.4. The summed E-state index contributed by atoms with van der Waals surface area (Å²) >= 11 is 0. The Morgan fingerprint density at radius 2 is 1.84 bits per heavy atom. The summed E-state index contributed by atoms with van der Waals surface area (Å²) in [5, 5.41) is 12.4. The zero-order chi connectivity index (χ0) is 14.9. The van der Waals surface area contributed by atoms with Crippen LogP contribution < -0.4 is 10.6 Å². The molecule has 110 valence electrons. The number of carboxylic acids is 1. The summed E-state index contributed by atoms with van der Waals surface area (Å²) in [5.74, 6) is -2.15. The monoisotopic (exact) mass is 282 g/mol. The van der Waals surface area contributed by atoms with Crippen molar-refractivity contribution < 1.29 is 27.9 Å². The Morgan fingerprint density at radius 3 is 2.16 bits per heavy atom. The Bertz CT molecular complexity index is 380. The highest BCUT2D eigenvalue weighted by Crippen LogP contribution is 2.39. The molecule has 8 heteroatoms. The van der Waals surface area contributed by atoms with Gasteiger partial charge in [0.2, 0.25) is 5.54 Å². The molecule has 0 aliphatic heterocycles. The SMILES string of the molecule is CC1(CNC(=O)NC(C)(C(=O)O)C(F)(F)F)CCC1. The van der Waals surface area contributed by atoms with Crippen LogP contribution >= 0.6 is 0 Å². The fraction of sp³-hybridized carbons (Fsp3) is 0.818. The van der Waals surface area contributed by atoms with E-state index >= 15 is 0 Å². The van der Waals surface area contributed by atoms with Crippen LogP contribution in [0.3, 0.4) is 0 Å². The first-order valence-corrected chi connectivity index (χ1v) is 5.86. The first-order chi connectivity index (χ1) is 8.50. The van der Waals surface area contributed by atoms with Crippen molar-refractivity contribution >= 4 is 12.0 Å². The topological polar surface area (TPSA) is 78.4 Å². The molecule has 2 amide bonds. The normalized spacial score (nSPS) is 20.9. The second kappa shape index (κ2) is 4.90. The number of carbonyl (C=O) groups is 2. The van der Waals surface area contributed by atoms with E-state index in [1.165, 1.54) is 5.32 Å². The smallest absolute Gasteiger partial charge is 0.422 e. The van der Waals surface area contributed by atoms with Gasteiger partial charge in [0.05, 0.1) is 0 Å². The maximum atomic E-state index is 12.6. The van der Waals surface area contributed by atoms with E-state index in [0.717, 1.165) is 19.3 Å². The molecule has 0 saturated heterocycles. The third-order valence-electron chi connectivity index (χ3n) is 3.59. The van der Waals surface area contributed by atoms with Gasteiger partial charge in [-0.3, -0.25) is 0 Å². The molecular formula is C11H17F3N2O3. The molecule has 1 saturated carbocycles. The molecule has 0 aromatic heterocycles. The predicted molar refractivity (Wildman–Crippen MR) is 60.6 cm³/mol. The highest BCUT2D eigenvalue weighted by molar-refractivity contribution is 5.86. The molecule has 19 heavy (non-hydrogen) atoms. The fourth-order valence-corrected chi connectivity index (χ4v) is 1.77. The summed E-state index contributed by atoms with van der Waals surface area (Å²) in [6.45, 7) is 2.56. The molecule has 1 fully saturated rings. The Hall–Kier alpha value is -1.47. The molecule has 1 atom stereocenters. The van der Waals surface area contributed by atoms with E-state index in [1.807, 2.05) is 6.92 Å². The number of amides is 2. The molecule has 0 aromatic carbocycles. The minimum absolute atomic E-state index is 0.102. The Morgan fingerprint density at radius 1 is 1.32 bits per heavy atom. The van der Waals surface area contributed by atoms with E-state index in [1.54, 1.807) is 0 Å². The van der Waals surface area contributed by atoms with Crippen molar-refractivity contribution in [2.24, 2.45) is 5.41 Å². The third kappa shape index (κ3) is 3.30. The lowest BCUT2D eigenvalue weighted by molar-refractivity contribution is -0.203. The number of hydrogen-bond donors (Lipinski definition) is 3. The van der Waals surface area contributed by atoms with Crippen LogP contribution in [0.25, 0.3) is 0 Å². The minimum Gasteiger partial charge on any atom is -0.479 e. The van der Waals surface area contributed by atoms with E-state index in [0.29, 0.717) is 6.92 Å². The summed E-state index contributed by atoms with van der Waals surface area (Å²) in [5.41, 5.74) is -3.40. The van der Waals surface area contributed by atoms with Crippen LogP contribution in [0.5, 0.6) is 0 Å². The second-order valence-electron chi connectivity index (χ2n) is 5.40. The van der Waals surface area contributed by atoms with Crippen molar-refractivity contribution in [3.05, 3.63) is 0 Å². The maximum Gasteiger partial charge on any atom is 0.422 e. The lowest BCUT2D eigenvalue weighted by atomic mass is 9.70. The van der Waals surface area contributed by atoms with Crippen LogP contribution in [-0.4, -0.2) is 35.4 Å². The van der Waals surface area contributed by atoms with Crippen molar-refractivity contribution in [1.29, 1.82) is 0 Å². The fourth-order valence-electron chi connectivity index (χ4n) is 1.77. The Balaban J connectivity index is 2.60. The molecule has 1 rings (SSSR count). The van der Waals surface area contributed by atoms with Crippen LogP contribution in [0.2, 0.25) is 0 Å². The molecule has 5 nitrogen and oxygen atoms in total. The number of carboxylic acid groups (broad SMARTS) is 1. The van der Waals surface area contributed by atoms with Gasteiger partial charge in [0.25, 0.3) is 0 Å². The average molecular weight is 282 g/mol. The van der Waals surface area contributed by atoms with Crippen molar-refractivity contribution in [2.45, 2.75) is 44.8 Å². The van der Waals surface area contributed by atoms with Crippen molar-refractivity contribution in [2.75, 3.05) is 6.54 Å². The van der Waals surface area contributed by atoms with Crippen LogP contribution in [0.15, 0.2) is 0 Å². The molecule has 0 spiro atoms. The van der Waals surface area contributed by atoms with E-state index < -0.39 is 23.7 Å². The largest absolute Gasteiger partial charge is 0.479 e. The third-order valence-corrected chi connectivity index (χ3v) is 3.59. The van der Waals surface area contributed by atoms with Gasteiger partial charge < -0.3 is 15.7 Å². The second-order valence-corrected chi connectivity index (χ2v) is 5.40. The Labute approximate surface area is 108 Å². The Kier molecular flexibility index (Phi) is 4.02. The van der Waals surface area contributed by atoms with Gasteiger partial charge >= 0.3 is 18.2 Å². The number of urea groups is 1. The number of alkyl halides is 3. The summed E-state index contributed by atoms with van der Waals surface area (Å²) < 4.78 is 37.9. The first kappa shape index (κ1) is 15.6. The molecular weight excluding hydrogens is 265 g/mol. The van der Waals surface area contributed by atoms with Crippen LogP contribution in [-0.2, 0) is 4.79 Å². The first-order valence-electron chi connectivity index (χ1n) is 5.86. The van der Waals surface area contributed by atoms with E-state index in [2.05, 4.69) is 5.32 Å². The zero-order valence-electron chi connectivity index (χ0n) is 10.7. The lowest BCUT2D eigenvalue weighted by Crippen LogP contribution is -2.64. The highest BCUT2D eigenvalue weighted by Gasteiger charge is 2.58. The minimum atomic E-state index is -5.07. The number of carbonyl (C=O) groups excluding carboxylic acids is 1. The molecule has 0 aromatic rings. The number of hydrogen-bond acceptors (Lipinski definition) is 2. The molecule has 3 N–H and O–H groups in total. The molecule has 0 radical (unpaired) electrons. The molecule has 1 unspecified atom stereocenters. The quantitative estimate of drug-likeness (QED) is 0.736. The average Bonchev–Trinajstić information content (AvgIpc) is 2.21. The van der Waals surface area contributed by atoms with Crippen molar-refractivity contribution in [3.63, 3.8) is 0 Å². The van der Waals surface area contributed by atoms with Gasteiger partial charge in [-0.05, 0) is 25.2 Å². The van der Waals surface area contributed by atoms with Gasteiger partial charge in [0.1, 0.15) is 0 Å². The molecule has 1 aliphatic rings. The summed E-state index contributed by atoms with van der Waals surface area (Å²) in [6.07, 6.45) is -2.27. The van der Waals surface area contributed by atoms with Gasteiger partial charge in [-0.2, -0.15) is 13.2 Å². The van der Waals surface area contributed by atoms with Gasteiger partial charge in [0, 0.05) is 6.54 Å². The predicted octanol–water partition coefficient (Wildman–Crippen LogP) is 1.88. The standard InChI is InChI=1S/C11H17F3N2O3/c1-9(4-3-5-9)6-15-8(19)16-10(2,7(17)18)11(12,13)14/h3-6H2,1-2H3,(H,17,18)(H2,15,16,19). The van der Waals surface area contributed by atoms with E-state index in [-0.39, 0.29) is 12.0 Å². The molecule has 1 aliphatic carbocycles. The van der Waals surface area contributed by atoms with Gasteiger partial charge in [-0.25, -0.2) is 9.59 Å². The summed E-state index contributed by atoms with van der Waals surface area (Å²) in [6, 6.07) is -1.13. The lowest BCUT2D eigenvalue weighted by Gasteiger charge is -2.38. The van der Waals surface area contributed by atoms with Gasteiger partial charge in [-0.1, -0.05) is 13.3 Å². The zero-order valence-corrected chi connectivity index (χ0v) is 10.7. The summed E-state index contributed by atoms with van der Waals surface area (Å²) in [4.78, 5) is 22.1. The van der Waals surface area contributed by atoms with Crippen LogP contribution in [0.1, 0.15) is 33.1 Å².